The maximum Gasteiger partial charge on any atom is 1.00 e. The average molecular weight is 634 g/mol. The summed E-state index contributed by atoms with van der Waals surface area (Å²) in [4.78, 5) is -0.663. The minimum absolute atomic E-state index is 0. The molecule has 0 aliphatic carbocycles. The third-order valence-corrected chi connectivity index (χ3v) is 7.59. The summed E-state index contributed by atoms with van der Waals surface area (Å²) in [6, 6.07) is 24.2. The Bertz CT molecular complexity index is 2040. The molecule has 0 saturated heterocycles. The third-order valence-electron chi connectivity index (χ3n) is 6.73. The number of rotatable bonds is 9. The standard InChI is InChI=1S/C32H29N5O6S.Na/c1-19-10-13-28(42-3)26(14-19)35-34-25-18-29(43-4)27(15-20(25)2)36-37-31-30(44(39,40)41)17-21-16-23(11-12-24(21)32(31)38)33-22-8-6-5-7-9-22;/h5-18,33,38H,1-4H3,(H,39,40,41);/q;+1/p-1. The first-order valence-corrected chi connectivity index (χ1v) is 14.8. The van der Waals surface area contributed by atoms with E-state index in [-0.39, 0.29) is 46.4 Å². The van der Waals surface area contributed by atoms with Crippen LogP contribution < -0.4 is 49.5 Å². The van der Waals surface area contributed by atoms with Gasteiger partial charge in [-0.3, -0.25) is 4.55 Å². The molecule has 0 aliphatic heterocycles. The van der Waals surface area contributed by atoms with Gasteiger partial charge in [-0.1, -0.05) is 36.1 Å². The molecule has 0 aliphatic rings. The summed E-state index contributed by atoms with van der Waals surface area (Å²) < 4.78 is 45.6. The van der Waals surface area contributed by atoms with Crippen LogP contribution in [0.5, 0.6) is 17.2 Å². The normalized spacial score (nSPS) is 11.6. The van der Waals surface area contributed by atoms with Gasteiger partial charge in [0.25, 0.3) is 10.1 Å². The Morgan fingerprint density at radius 2 is 1.40 bits per heavy atom. The summed E-state index contributed by atoms with van der Waals surface area (Å²) in [6.07, 6.45) is 0. The van der Waals surface area contributed by atoms with Gasteiger partial charge in [0, 0.05) is 17.4 Å². The van der Waals surface area contributed by atoms with Crippen molar-refractivity contribution in [2.45, 2.75) is 18.7 Å². The molecule has 0 spiro atoms. The van der Waals surface area contributed by atoms with Crippen molar-refractivity contribution < 1.29 is 57.1 Å². The number of azo groups is 2. The Morgan fingerprint density at radius 1 is 0.733 bits per heavy atom. The second kappa shape index (κ2) is 14.2. The molecule has 0 unspecified atom stereocenters. The van der Waals surface area contributed by atoms with Crippen molar-refractivity contribution in [1.29, 1.82) is 0 Å². The minimum Gasteiger partial charge on any atom is -0.871 e. The molecular weight excluding hydrogens is 605 g/mol. The summed E-state index contributed by atoms with van der Waals surface area (Å²) in [6.45, 7) is 3.71. The van der Waals surface area contributed by atoms with Crippen molar-refractivity contribution in [3.8, 4) is 17.2 Å². The fraction of sp³-hybridized carbons (Fsp3) is 0.125. The maximum atomic E-state index is 13.4. The van der Waals surface area contributed by atoms with Gasteiger partial charge in [0.2, 0.25) is 0 Å². The number of aryl methyl sites for hydroxylation is 2. The van der Waals surface area contributed by atoms with E-state index >= 15 is 0 Å². The Labute approximate surface area is 282 Å². The fourth-order valence-corrected chi connectivity index (χ4v) is 5.15. The molecule has 5 aromatic rings. The van der Waals surface area contributed by atoms with E-state index in [1.165, 1.54) is 13.2 Å². The Morgan fingerprint density at radius 3 is 2.09 bits per heavy atom. The largest absolute Gasteiger partial charge is 1.00 e. The maximum absolute atomic E-state index is 13.4. The molecule has 5 aromatic carbocycles. The van der Waals surface area contributed by atoms with E-state index in [0.717, 1.165) is 11.3 Å². The summed E-state index contributed by atoms with van der Waals surface area (Å²) in [5.74, 6) is 0.109. The summed E-state index contributed by atoms with van der Waals surface area (Å²) in [7, 11) is -1.87. The predicted octanol–water partition coefficient (Wildman–Crippen LogP) is 5.37. The van der Waals surface area contributed by atoms with Gasteiger partial charge in [-0.2, -0.15) is 13.5 Å². The summed E-state index contributed by atoms with van der Waals surface area (Å²) in [5, 5.41) is 33.9. The monoisotopic (exact) mass is 633 g/mol. The number of nitrogens with one attached hydrogen (secondary N) is 1. The molecule has 0 amide bonds. The molecule has 0 atom stereocenters. The second-order valence-electron chi connectivity index (χ2n) is 9.84. The van der Waals surface area contributed by atoms with Crippen LogP contribution in [0.3, 0.4) is 0 Å². The van der Waals surface area contributed by atoms with E-state index in [2.05, 4.69) is 25.8 Å². The molecule has 0 fully saturated rings. The van der Waals surface area contributed by atoms with Crippen LogP contribution in [-0.2, 0) is 10.1 Å². The molecule has 13 heteroatoms. The number of methoxy groups -OCH3 is 2. The van der Waals surface area contributed by atoms with E-state index in [4.69, 9.17) is 9.47 Å². The van der Waals surface area contributed by atoms with Crippen molar-refractivity contribution >= 4 is 55.0 Å². The van der Waals surface area contributed by atoms with Gasteiger partial charge >= 0.3 is 29.6 Å². The minimum atomic E-state index is -4.84. The third kappa shape index (κ3) is 7.67. The molecule has 0 saturated carbocycles. The van der Waals surface area contributed by atoms with Crippen molar-refractivity contribution in [2.24, 2.45) is 20.5 Å². The van der Waals surface area contributed by atoms with E-state index < -0.39 is 26.5 Å². The predicted molar refractivity (Wildman–Crippen MR) is 167 cm³/mol. The van der Waals surface area contributed by atoms with E-state index in [9.17, 15) is 18.1 Å². The Hall–Kier alpha value is -4.33. The number of para-hydroxylation sites is 1. The molecule has 0 aromatic heterocycles. The quantitative estimate of drug-likeness (QED) is 0.125. The van der Waals surface area contributed by atoms with Crippen LogP contribution in [0.4, 0.5) is 34.1 Å². The molecule has 2 N–H and O–H groups in total. The van der Waals surface area contributed by atoms with E-state index in [1.54, 1.807) is 50.4 Å². The van der Waals surface area contributed by atoms with Gasteiger partial charge in [-0.15, -0.1) is 15.3 Å². The summed E-state index contributed by atoms with van der Waals surface area (Å²) >= 11 is 0. The van der Waals surface area contributed by atoms with Crippen LogP contribution in [-0.4, -0.2) is 27.2 Å². The second-order valence-corrected chi connectivity index (χ2v) is 11.2. The molecule has 11 nitrogen and oxygen atoms in total. The first-order chi connectivity index (χ1) is 21.1. The first-order valence-electron chi connectivity index (χ1n) is 13.3. The average Bonchev–Trinajstić information content (AvgIpc) is 3.00. The SMILES string of the molecule is COc1ccc(C)cc1N=Nc1cc(OC)c(N=Nc2c(S(=O)(=O)O)cc3cc(Nc4ccccc4)ccc3c2[O-])cc1C.[Na+]. The zero-order chi connectivity index (χ0) is 31.4. The van der Waals surface area contributed by atoms with Crippen LogP contribution in [0.2, 0.25) is 0 Å². The first kappa shape index (κ1) is 33.6. The Kier molecular flexibility index (Phi) is 10.6. The van der Waals surface area contributed by atoms with Gasteiger partial charge < -0.3 is 19.9 Å². The molecule has 0 heterocycles. The fourth-order valence-electron chi connectivity index (χ4n) is 4.50. The number of hydrogen-bond acceptors (Lipinski definition) is 10. The molecule has 224 valence electrons. The smallest absolute Gasteiger partial charge is 0.871 e. The van der Waals surface area contributed by atoms with Crippen LogP contribution in [0, 0.1) is 13.8 Å². The number of benzene rings is 5. The number of anilines is 2. The van der Waals surface area contributed by atoms with Crippen LogP contribution in [0.25, 0.3) is 10.8 Å². The molecule has 45 heavy (non-hydrogen) atoms. The van der Waals surface area contributed by atoms with Crippen LogP contribution >= 0.6 is 0 Å². The van der Waals surface area contributed by atoms with E-state index in [0.29, 0.717) is 33.8 Å². The van der Waals surface area contributed by atoms with Crippen molar-refractivity contribution in [1.82, 2.24) is 0 Å². The number of ether oxygens (including phenoxy) is 2. The van der Waals surface area contributed by atoms with Crippen molar-refractivity contribution in [2.75, 3.05) is 19.5 Å². The number of fused-ring (bicyclic) bond motifs is 1. The topological polar surface area (TPSA) is 157 Å². The van der Waals surface area contributed by atoms with Gasteiger partial charge in [0.15, 0.2) is 0 Å². The van der Waals surface area contributed by atoms with E-state index in [1.807, 2.05) is 49.4 Å². The molecule has 0 bridgehead atoms. The number of nitrogens with zero attached hydrogens (tertiary/aromatic N) is 4. The number of hydrogen-bond donors (Lipinski definition) is 2. The molecule has 5 rings (SSSR count). The van der Waals surface area contributed by atoms with Crippen LogP contribution in [0.15, 0.2) is 110 Å². The molecule has 0 radical (unpaired) electrons. The van der Waals surface area contributed by atoms with Crippen molar-refractivity contribution in [3.05, 3.63) is 96.1 Å². The molecular formula is C32H28N5NaO6S. The zero-order valence-corrected chi connectivity index (χ0v) is 28.1. The Balaban J connectivity index is 0.00000461. The summed E-state index contributed by atoms with van der Waals surface area (Å²) in [5.41, 5.74) is 3.79. The van der Waals surface area contributed by atoms with Crippen LogP contribution in [0.1, 0.15) is 11.1 Å². The zero-order valence-electron chi connectivity index (χ0n) is 25.3. The van der Waals surface area contributed by atoms with Gasteiger partial charge in [0.05, 0.1) is 25.6 Å². The van der Waals surface area contributed by atoms with Gasteiger partial charge in [-0.25, -0.2) is 0 Å². The van der Waals surface area contributed by atoms with Gasteiger partial charge in [-0.05, 0) is 84.3 Å². The van der Waals surface area contributed by atoms with Crippen molar-refractivity contribution in [3.63, 3.8) is 0 Å². The van der Waals surface area contributed by atoms with Gasteiger partial charge in [0.1, 0.15) is 27.8 Å².